The van der Waals surface area contributed by atoms with Gasteiger partial charge in [0.2, 0.25) is 0 Å². The van der Waals surface area contributed by atoms with Gasteiger partial charge in [-0.25, -0.2) is 4.79 Å². The van der Waals surface area contributed by atoms with Crippen molar-refractivity contribution in [2.45, 2.75) is 75.1 Å². The van der Waals surface area contributed by atoms with E-state index in [1.165, 1.54) is 24.3 Å². The maximum absolute atomic E-state index is 12.0. The van der Waals surface area contributed by atoms with Crippen molar-refractivity contribution >= 4 is 12.0 Å². The SMILES string of the molecule is CC[C@H](C)O[C@H]1O[C@H](CO[C@@H]2OC[C@](O)(COC(=O)/C=C\c3ccc(O)c(O)c3)[C@H]2O)[C@H](O)[C@@H](O)[C@H]1O. The Labute approximate surface area is 213 Å². The molecule has 0 aliphatic carbocycles. The van der Waals surface area contributed by atoms with E-state index in [-0.39, 0.29) is 24.2 Å². The van der Waals surface area contributed by atoms with Crippen LogP contribution >= 0.6 is 0 Å². The summed E-state index contributed by atoms with van der Waals surface area (Å²) in [4.78, 5) is 12.0. The number of hydrogen-bond acceptors (Lipinski definition) is 13. The van der Waals surface area contributed by atoms with Crippen LogP contribution in [0.5, 0.6) is 11.5 Å². The molecule has 0 spiro atoms. The molecule has 1 aromatic rings. The fourth-order valence-corrected chi connectivity index (χ4v) is 3.66. The maximum Gasteiger partial charge on any atom is 0.330 e. The summed E-state index contributed by atoms with van der Waals surface area (Å²) in [5.41, 5.74) is -1.58. The zero-order valence-electron chi connectivity index (χ0n) is 20.4. The monoisotopic (exact) mass is 530 g/mol. The van der Waals surface area contributed by atoms with Crippen LogP contribution in [0.25, 0.3) is 6.08 Å². The topological polar surface area (TPSA) is 205 Å². The van der Waals surface area contributed by atoms with E-state index >= 15 is 0 Å². The van der Waals surface area contributed by atoms with Crippen LogP contribution < -0.4 is 0 Å². The molecule has 3 rings (SSSR count). The Kier molecular flexibility index (Phi) is 9.86. The molecule has 2 aliphatic heterocycles. The van der Waals surface area contributed by atoms with Gasteiger partial charge in [0.15, 0.2) is 29.7 Å². The molecule has 2 aliphatic rings. The van der Waals surface area contributed by atoms with Gasteiger partial charge >= 0.3 is 5.97 Å². The number of phenolic OH excluding ortho intramolecular Hbond substituents is 2. The van der Waals surface area contributed by atoms with Crippen LogP contribution in [-0.2, 0) is 28.5 Å². The van der Waals surface area contributed by atoms with E-state index < -0.39 is 67.9 Å². The summed E-state index contributed by atoms with van der Waals surface area (Å²) in [7, 11) is 0. The second kappa shape index (κ2) is 12.5. The average Bonchev–Trinajstić information content (AvgIpc) is 3.16. The van der Waals surface area contributed by atoms with Gasteiger partial charge in [0.05, 0.1) is 19.3 Å². The Morgan fingerprint density at radius 2 is 1.86 bits per heavy atom. The Hall–Kier alpha value is -2.33. The van der Waals surface area contributed by atoms with Gasteiger partial charge in [0.1, 0.15) is 37.1 Å². The second-order valence-electron chi connectivity index (χ2n) is 9.12. The lowest BCUT2D eigenvalue weighted by Crippen LogP contribution is -2.60. The summed E-state index contributed by atoms with van der Waals surface area (Å²) in [6.45, 7) is 2.17. The first-order valence-electron chi connectivity index (χ1n) is 11.8. The molecule has 37 heavy (non-hydrogen) atoms. The highest BCUT2D eigenvalue weighted by Gasteiger charge is 2.51. The molecule has 208 valence electrons. The number of aliphatic hydroxyl groups is 5. The number of esters is 1. The van der Waals surface area contributed by atoms with Crippen LogP contribution in [0, 0.1) is 0 Å². The van der Waals surface area contributed by atoms with Crippen LogP contribution in [0.1, 0.15) is 25.8 Å². The Bertz CT molecular complexity index is 939. The van der Waals surface area contributed by atoms with Crippen LogP contribution in [0.15, 0.2) is 24.3 Å². The summed E-state index contributed by atoms with van der Waals surface area (Å²) in [5, 5.41) is 70.5. The first-order chi connectivity index (χ1) is 17.4. The van der Waals surface area contributed by atoms with Crippen molar-refractivity contribution in [2.24, 2.45) is 0 Å². The predicted molar refractivity (Wildman–Crippen MR) is 124 cm³/mol. The zero-order valence-corrected chi connectivity index (χ0v) is 20.4. The molecule has 0 radical (unpaired) electrons. The zero-order chi connectivity index (χ0) is 27.3. The number of phenols is 2. The quantitative estimate of drug-likeness (QED) is 0.107. The van der Waals surface area contributed by atoms with Gasteiger partial charge < -0.3 is 59.4 Å². The Morgan fingerprint density at radius 3 is 2.54 bits per heavy atom. The first kappa shape index (κ1) is 29.2. The molecule has 2 heterocycles. The number of hydrogen-bond donors (Lipinski definition) is 7. The van der Waals surface area contributed by atoms with E-state index in [2.05, 4.69) is 0 Å². The lowest BCUT2D eigenvalue weighted by Gasteiger charge is -2.41. The molecule has 0 aromatic heterocycles. The predicted octanol–water partition coefficient (Wildman–Crippen LogP) is -1.26. The molecular weight excluding hydrogens is 496 g/mol. The fourth-order valence-electron chi connectivity index (χ4n) is 3.66. The van der Waals surface area contributed by atoms with E-state index in [1.54, 1.807) is 6.92 Å². The van der Waals surface area contributed by atoms with Crippen LogP contribution in [-0.4, -0.2) is 116 Å². The number of benzene rings is 1. The molecule has 0 unspecified atom stereocenters. The minimum absolute atomic E-state index is 0.288. The number of rotatable bonds is 10. The fraction of sp³-hybridized carbons (Fsp3) is 0.625. The normalized spacial score (nSPS) is 35.1. The van der Waals surface area contributed by atoms with Gasteiger partial charge in [0, 0.05) is 6.08 Å². The van der Waals surface area contributed by atoms with Crippen molar-refractivity contribution in [1.82, 2.24) is 0 Å². The molecule has 2 fully saturated rings. The number of aliphatic hydroxyl groups excluding tert-OH is 4. The van der Waals surface area contributed by atoms with E-state index in [1.807, 2.05) is 6.92 Å². The van der Waals surface area contributed by atoms with Crippen LogP contribution in [0.4, 0.5) is 0 Å². The number of carbonyl (C=O) groups excluding carboxylic acids is 1. The van der Waals surface area contributed by atoms with Gasteiger partial charge in [-0.2, -0.15) is 0 Å². The number of ether oxygens (including phenoxy) is 5. The average molecular weight is 531 g/mol. The minimum atomic E-state index is -1.99. The van der Waals surface area contributed by atoms with Crippen molar-refractivity contribution in [2.75, 3.05) is 19.8 Å². The second-order valence-corrected chi connectivity index (χ2v) is 9.12. The number of aromatic hydroxyl groups is 2. The van der Waals surface area contributed by atoms with E-state index in [0.29, 0.717) is 12.0 Å². The van der Waals surface area contributed by atoms with Gasteiger partial charge in [-0.3, -0.25) is 0 Å². The van der Waals surface area contributed by atoms with Crippen molar-refractivity contribution in [3.05, 3.63) is 29.8 Å². The largest absolute Gasteiger partial charge is 0.504 e. The van der Waals surface area contributed by atoms with E-state index in [9.17, 15) is 40.5 Å². The molecule has 0 amide bonds. The summed E-state index contributed by atoms with van der Waals surface area (Å²) < 4.78 is 26.8. The first-order valence-corrected chi connectivity index (χ1v) is 11.8. The number of carbonyl (C=O) groups is 1. The third-order valence-electron chi connectivity index (χ3n) is 6.22. The third kappa shape index (κ3) is 7.16. The maximum atomic E-state index is 12.0. The molecule has 2 saturated heterocycles. The third-order valence-corrected chi connectivity index (χ3v) is 6.22. The lowest BCUT2D eigenvalue weighted by atomic mass is 9.99. The molecule has 0 bridgehead atoms. The van der Waals surface area contributed by atoms with Crippen LogP contribution in [0.2, 0.25) is 0 Å². The van der Waals surface area contributed by atoms with Crippen molar-refractivity contribution in [3.63, 3.8) is 0 Å². The smallest absolute Gasteiger partial charge is 0.330 e. The highest BCUT2D eigenvalue weighted by Crippen LogP contribution is 2.29. The highest BCUT2D eigenvalue weighted by molar-refractivity contribution is 5.87. The summed E-state index contributed by atoms with van der Waals surface area (Å²) in [5.74, 6) is -1.53. The Morgan fingerprint density at radius 1 is 1.14 bits per heavy atom. The molecule has 0 saturated carbocycles. The molecule has 7 N–H and O–H groups in total. The lowest BCUT2D eigenvalue weighted by molar-refractivity contribution is -0.317. The molecule has 9 atom stereocenters. The van der Waals surface area contributed by atoms with Crippen molar-refractivity contribution in [3.8, 4) is 11.5 Å². The molecule has 1 aromatic carbocycles. The summed E-state index contributed by atoms with van der Waals surface area (Å²) in [6.07, 6.45) is -7.25. The molecule has 13 heteroatoms. The van der Waals surface area contributed by atoms with E-state index in [0.717, 1.165) is 6.08 Å². The highest BCUT2D eigenvalue weighted by atomic mass is 16.7. The van der Waals surface area contributed by atoms with Gasteiger partial charge in [0.25, 0.3) is 0 Å². The summed E-state index contributed by atoms with van der Waals surface area (Å²) >= 11 is 0. The Balaban J connectivity index is 1.50. The molecule has 13 nitrogen and oxygen atoms in total. The van der Waals surface area contributed by atoms with Gasteiger partial charge in [-0.15, -0.1) is 0 Å². The van der Waals surface area contributed by atoms with Gasteiger partial charge in [-0.05, 0) is 37.1 Å². The van der Waals surface area contributed by atoms with E-state index in [4.69, 9.17) is 23.7 Å². The van der Waals surface area contributed by atoms with Crippen molar-refractivity contribution in [1.29, 1.82) is 0 Å². The molecular formula is C24H34O13. The minimum Gasteiger partial charge on any atom is -0.504 e. The standard InChI is InChI=1S/C24H34O13/c1-3-12(2)36-22-20(30)19(29)18(28)16(37-22)9-33-23-21(31)24(32,11-35-23)10-34-17(27)7-5-13-4-6-14(25)15(26)8-13/h4-8,12,16,18-23,25-26,28-32H,3,9-11H2,1-2H3/b7-5-/t12-,16+,18-,19+,20+,21-,22-,23+,24+/m0/s1. The van der Waals surface area contributed by atoms with Gasteiger partial charge in [-0.1, -0.05) is 13.0 Å². The summed E-state index contributed by atoms with van der Waals surface area (Å²) in [6, 6.07) is 3.93. The van der Waals surface area contributed by atoms with Crippen molar-refractivity contribution < 1.29 is 64.2 Å². The van der Waals surface area contributed by atoms with Crippen LogP contribution in [0.3, 0.4) is 0 Å².